The summed E-state index contributed by atoms with van der Waals surface area (Å²) in [6.45, 7) is 7.38. The summed E-state index contributed by atoms with van der Waals surface area (Å²) in [6.07, 6.45) is 3.82. The van der Waals surface area contributed by atoms with E-state index in [9.17, 15) is 9.59 Å². The molecule has 3 rings (SSSR count). The van der Waals surface area contributed by atoms with E-state index < -0.39 is 0 Å². The zero-order valence-corrected chi connectivity index (χ0v) is 15.6. The van der Waals surface area contributed by atoms with Gasteiger partial charge >= 0.3 is 0 Å². The Labute approximate surface area is 154 Å². The standard InChI is InChI=1S/C19H27N3O4/c1-3-8-25-9-5-18(24)21-6-7-22-16(13-21)4-10-26-17-11-15(14(2)23)12-20-19(17)22/h11-12,16H,3-10,13H2,1-2H3. The number of hydrogen-bond acceptors (Lipinski definition) is 6. The Morgan fingerprint density at radius 3 is 2.96 bits per heavy atom. The average molecular weight is 361 g/mol. The molecule has 7 heteroatoms. The maximum absolute atomic E-state index is 12.4. The number of anilines is 1. The molecule has 0 aromatic carbocycles. The summed E-state index contributed by atoms with van der Waals surface area (Å²) in [6, 6.07) is 1.96. The van der Waals surface area contributed by atoms with Crippen molar-refractivity contribution in [3.63, 3.8) is 0 Å². The van der Waals surface area contributed by atoms with Crippen LogP contribution in [-0.4, -0.2) is 67.1 Å². The molecule has 1 atom stereocenters. The minimum atomic E-state index is -0.0228. The van der Waals surface area contributed by atoms with E-state index in [0.29, 0.717) is 50.6 Å². The number of ether oxygens (including phenoxy) is 2. The number of aromatic nitrogens is 1. The Morgan fingerprint density at radius 2 is 2.19 bits per heavy atom. The number of ketones is 1. The summed E-state index contributed by atoms with van der Waals surface area (Å²) in [7, 11) is 0. The second-order valence-electron chi connectivity index (χ2n) is 6.79. The van der Waals surface area contributed by atoms with E-state index >= 15 is 0 Å². The van der Waals surface area contributed by atoms with Gasteiger partial charge in [0.25, 0.3) is 0 Å². The fourth-order valence-corrected chi connectivity index (χ4v) is 3.43. The molecule has 1 aromatic heterocycles. The molecule has 1 fully saturated rings. The lowest BCUT2D eigenvalue weighted by Gasteiger charge is -2.41. The maximum atomic E-state index is 12.4. The van der Waals surface area contributed by atoms with Crippen LogP contribution in [0.3, 0.4) is 0 Å². The Hall–Kier alpha value is -2.15. The van der Waals surface area contributed by atoms with Gasteiger partial charge in [-0.3, -0.25) is 9.59 Å². The Kier molecular flexibility index (Phi) is 6.08. The lowest BCUT2D eigenvalue weighted by Crippen LogP contribution is -2.55. The van der Waals surface area contributed by atoms with Gasteiger partial charge in [-0.15, -0.1) is 0 Å². The molecule has 0 aliphatic carbocycles. The lowest BCUT2D eigenvalue weighted by atomic mass is 10.1. The molecule has 0 spiro atoms. The van der Waals surface area contributed by atoms with Crippen LogP contribution in [0.5, 0.6) is 5.75 Å². The highest BCUT2D eigenvalue weighted by Crippen LogP contribution is 2.33. The third kappa shape index (κ3) is 4.15. The second kappa shape index (κ2) is 8.49. The third-order valence-corrected chi connectivity index (χ3v) is 4.86. The van der Waals surface area contributed by atoms with E-state index in [1.165, 1.54) is 6.92 Å². The summed E-state index contributed by atoms with van der Waals surface area (Å²) >= 11 is 0. The Morgan fingerprint density at radius 1 is 1.35 bits per heavy atom. The minimum Gasteiger partial charge on any atom is -0.490 e. The molecule has 3 heterocycles. The predicted molar refractivity (Wildman–Crippen MR) is 97.8 cm³/mol. The van der Waals surface area contributed by atoms with Crippen LogP contribution in [0.25, 0.3) is 0 Å². The van der Waals surface area contributed by atoms with Crippen LogP contribution in [0.2, 0.25) is 0 Å². The van der Waals surface area contributed by atoms with Crippen molar-refractivity contribution in [3.8, 4) is 5.75 Å². The maximum Gasteiger partial charge on any atom is 0.225 e. The van der Waals surface area contributed by atoms with Gasteiger partial charge in [0.15, 0.2) is 17.4 Å². The van der Waals surface area contributed by atoms with Gasteiger partial charge in [0.1, 0.15) is 0 Å². The highest BCUT2D eigenvalue weighted by atomic mass is 16.5. The Balaban J connectivity index is 1.65. The molecule has 142 valence electrons. The smallest absolute Gasteiger partial charge is 0.225 e. The first-order valence-corrected chi connectivity index (χ1v) is 9.36. The van der Waals surface area contributed by atoms with Crippen molar-refractivity contribution >= 4 is 17.5 Å². The summed E-state index contributed by atoms with van der Waals surface area (Å²) < 4.78 is 11.3. The SMILES string of the molecule is CCCOCCC(=O)N1CCN2c3ncc(C(C)=O)cc3OCCC2C1. The zero-order valence-electron chi connectivity index (χ0n) is 15.6. The van der Waals surface area contributed by atoms with Gasteiger partial charge in [-0.2, -0.15) is 0 Å². The van der Waals surface area contributed by atoms with E-state index in [-0.39, 0.29) is 17.7 Å². The summed E-state index contributed by atoms with van der Waals surface area (Å²) in [4.78, 5) is 32.6. The third-order valence-electron chi connectivity index (χ3n) is 4.86. The van der Waals surface area contributed by atoms with Crippen LogP contribution >= 0.6 is 0 Å². The first-order valence-electron chi connectivity index (χ1n) is 9.36. The highest BCUT2D eigenvalue weighted by Gasteiger charge is 2.33. The number of amides is 1. The van der Waals surface area contributed by atoms with Gasteiger partial charge < -0.3 is 19.3 Å². The van der Waals surface area contributed by atoms with Crippen molar-refractivity contribution in [1.29, 1.82) is 0 Å². The molecule has 26 heavy (non-hydrogen) atoms. The zero-order chi connectivity index (χ0) is 18.5. The van der Waals surface area contributed by atoms with Crippen LogP contribution in [0, 0.1) is 0 Å². The van der Waals surface area contributed by atoms with Crippen LogP contribution in [0.1, 0.15) is 43.5 Å². The monoisotopic (exact) mass is 361 g/mol. The van der Waals surface area contributed by atoms with Crippen LogP contribution in [0.4, 0.5) is 5.82 Å². The van der Waals surface area contributed by atoms with Crippen LogP contribution in [0.15, 0.2) is 12.3 Å². The topological polar surface area (TPSA) is 72.0 Å². The quantitative estimate of drug-likeness (QED) is 0.569. The number of hydrogen-bond donors (Lipinski definition) is 0. The van der Waals surface area contributed by atoms with Crippen molar-refractivity contribution in [2.75, 3.05) is 44.4 Å². The normalized spacial score (nSPS) is 19.2. The fraction of sp³-hybridized carbons (Fsp3) is 0.632. The molecule has 0 bridgehead atoms. The molecular formula is C19H27N3O4. The Bertz CT molecular complexity index is 664. The number of nitrogens with zero attached hydrogens (tertiary/aromatic N) is 3. The first kappa shape index (κ1) is 18.6. The van der Waals surface area contributed by atoms with Gasteiger partial charge in [0, 0.05) is 44.4 Å². The van der Waals surface area contributed by atoms with Crippen molar-refractivity contribution in [3.05, 3.63) is 17.8 Å². The molecular weight excluding hydrogens is 334 g/mol. The van der Waals surface area contributed by atoms with Crippen molar-refractivity contribution in [2.45, 2.75) is 39.2 Å². The molecule has 2 aliphatic heterocycles. The number of rotatable bonds is 6. The van der Waals surface area contributed by atoms with E-state index in [1.54, 1.807) is 12.3 Å². The summed E-state index contributed by atoms with van der Waals surface area (Å²) in [5.74, 6) is 1.56. The first-order chi connectivity index (χ1) is 12.6. The van der Waals surface area contributed by atoms with Gasteiger partial charge in [0.05, 0.1) is 25.7 Å². The van der Waals surface area contributed by atoms with Crippen LogP contribution in [-0.2, 0) is 9.53 Å². The molecule has 0 saturated carbocycles. The van der Waals surface area contributed by atoms with E-state index in [1.807, 2.05) is 4.90 Å². The van der Waals surface area contributed by atoms with Gasteiger partial charge in [-0.1, -0.05) is 6.92 Å². The fourth-order valence-electron chi connectivity index (χ4n) is 3.43. The number of Topliss-reactive ketones (excluding diaryl/α,β-unsaturated/α-hetero) is 1. The average Bonchev–Trinajstić information content (AvgIpc) is 2.83. The molecule has 1 amide bonds. The molecule has 7 nitrogen and oxygen atoms in total. The highest BCUT2D eigenvalue weighted by molar-refractivity contribution is 5.94. The van der Waals surface area contributed by atoms with Crippen molar-refractivity contribution < 1.29 is 19.1 Å². The predicted octanol–water partition coefficient (Wildman–Crippen LogP) is 1.90. The van der Waals surface area contributed by atoms with E-state index in [2.05, 4.69) is 16.8 Å². The van der Waals surface area contributed by atoms with Crippen molar-refractivity contribution in [2.24, 2.45) is 0 Å². The molecule has 1 aromatic rings. The summed E-state index contributed by atoms with van der Waals surface area (Å²) in [5.41, 5.74) is 0.558. The van der Waals surface area contributed by atoms with Gasteiger partial charge in [-0.05, 0) is 19.4 Å². The van der Waals surface area contributed by atoms with Crippen LogP contribution < -0.4 is 9.64 Å². The van der Waals surface area contributed by atoms with Gasteiger partial charge in [-0.25, -0.2) is 4.98 Å². The lowest BCUT2D eigenvalue weighted by molar-refractivity contribution is -0.133. The molecule has 0 radical (unpaired) electrons. The summed E-state index contributed by atoms with van der Waals surface area (Å²) in [5, 5.41) is 0. The number of fused-ring (bicyclic) bond motifs is 3. The molecule has 2 aliphatic rings. The molecule has 1 saturated heterocycles. The molecule has 0 N–H and O–H groups in total. The number of carbonyl (C=O) groups is 2. The van der Waals surface area contributed by atoms with Crippen molar-refractivity contribution in [1.82, 2.24) is 9.88 Å². The number of carbonyl (C=O) groups excluding carboxylic acids is 2. The van der Waals surface area contributed by atoms with Gasteiger partial charge in [0.2, 0.25) is 5.91 Å². The number of piperazine rings is 1. The van der Waals surface area contributed by atoms with E-state index in [4.69, 9.17) is 9.47 Å². The molecule has 1 unspecified atom stereocenters. The van der Waals surface area contributed by atoms with E-state index in [0.717, 1.165) is 25.2 Å². The number of pyridine rings is 1. The largest absolute Gasteiger partial charge is 0.490 e. The minimum absolute atomic E-state index is 0.0228. The second-order valence-corrected chi connectivity index (χ2v) is 6.79.